The summed E-state index contributed by atoms with van der Waals surface area (Å²) < 4.78 is 5.30. The zero-order valence-electron chi connectivity index (χ0n) is 12.1. The smallest absolute Gasteiger partial charge is 0.307 e. The standard InChI is InChI=1S/C14H19N3O4/c1-15-13(18)11-5-12(21-2)10(6-16-11)8-17-4-3-9(7-17)14(19)20/h5-6,9H,3-4,7-8H2,1-2H3,(H,15,18)(H,19,20)/t9-/m0/s1. The van der Waals surface area contributed by atoms with Crippen LogP contribution < -0.4 is 10.1 Å². The Morgan fingerprint density at radius 3 is 2.90 bits per heavy atom. The molecule has 1 amide bonds. The molecule has 1 aromatic rings. The Labute approximate surface area is 122 Å². The Morgan fingerprint density at radius 1 is 1.57 bits per heavy atom. The first-order valence-corrected chi connectivity index (χ1v) is 6.75. The van der Waals surface area contributed by atoms with Gasteiger partial charge in [-0.1, -0.05) is 0 Å². The molecule has 0 saturated carbocycles. The highest BCUT2D eigenvalue weighted by Gasteiger charge is 2.28. The Kier molecular flexibility index (Phi) is 4.74. The molecule has 1 aliphatic rings. The lowest BCUT2D eigenvalue weighted by molar-refractivity contribution is -0.141. The number of hydrogen-bond acceptors (Lipinski definition) is 5. The van der Waals surface area contributed by atoms with E-state index in [2.05, 4.69) is 15.2 Å². The minimum absolute atomic E-state index is 0.271. The lowest BCUT2D eigenvalue weighted by atomic mass is 10.1. The number of carbonyl (C=O) groups excluding carboxylic acids is 1. The molecule has 1 aromatic heterocycles. The SMILES string of the molecule is CNC(=O)c1cc(OC)c(CN2CC[C@H](C(=O)O)C2)cn1. The molecular formula is C14H19N3O4. The van der Waals surface area contributed by atoms with Crippen LogP contribution in [0.4, 0.5) is 0 Å². The Hall–Kier alpha value is -2.15. The average molecular weight is 293 g/mol. The molecule has 0 aromatic carbocycles. The second kappa shape index (κ2) is 6.53. The largest absolute Gasteiger partial charge is 0.496 e. The summed E-state index contributed by atoms with van der Waals surface area (Å²) >= 11 is 0. The molecule has 1 saturated heterocycles. The van der Waals surface area contributed by atoms with Crippen molar-refractivity contribution in [2.75, 3.05) is 27.2 Å². The summed E-state index contributed by atoms with van der Waals surface area (Å²) in [6, 6.07) is 1.60. The maximum absolute atomic E-state index is 11.6. The number of nitrogens with zero attached hydrogens (tertiary/aromatic N) is 2. The predicted molar refractivity (Wildman–Crippen MR) is 75.2 cm³/mol. The van der Waals surface area contributed by atoms with E-state index in [-0.39, 0.29) is 11.8 Å². The van der Waals surface area contributed by atoms with Crippen molar-refractivity contribution in [1.82, 2.24) is 15.2 Å². The number of likely N-dealkylation sites (tertiary alicyclic amines) is 1. The summed E-state index contributed by atoms with van der Waals surface area (Å²) in [4.78, 5) is 28.7. The molecule has 7 nitrogen and oxygen atoms in total. The van der Waals surface area contributed by atoms with Crippen LogP contribution in [0.25, 0.3) is 0 Å². The van der Waals surface area contributed by atoms with Crippen molar-refractivity contribution < 1.29 is 19.4 Å². The quantitative estimate of drug-likeness (QED) is 0.814. The van der Waals surface area contributed by atoms with Gasteiger partial charge in [-0.05, 0) is 13.0 Å². The van der Waals surface area contributed by atoms with Crippen LogP contribution in [0.1, 0.15) is 22.5 Å². The molecule has 0 radical (unpaired) electrons. The van der Waals surface area contributed by atoms with Crippen LogP contribution >= 0.6 is 0 Å². The molecule has 2 heterocycles. The summed E-state index contributed by atoms with van der Waals surface area (Å²) in [6.45, 7) is 1.82. The Balaban J connectivity index is 2.10. The van der Waals surface area contributed by atoms with Crippen LogP contribution in [0.2, 0.25) is 0 Å². The van der Waals surface area contributed by atoms with E-state index in [1.807, 2.05) is 0 Å². The Morgan fingerprint density at radius 2 is 2.33 bits per heavy atom. The van der Waals surface area contributed by atoms with Gasteiger partial charge >= 0.3 is 5.97 Å². The molecule has 1 fully saturated rings. The van der Waals surface area contributed by atoms with Gasteiger partial charge in [0, 0.05) is 38.0 Å². The van der Waals surface area contributed by atoms with Crippen molar-refractivity contribution in [2.45, 2.75) is 13.0 Å². The number of carboxylic acids is 1. The molecule has 1 aliphatic heterocycles. The number of aliphatic carboxylic acids is 1. The van der Waals surface area contributed by atoms with Crippen LogP contribution in [0.15, 0.2) is 12.3 Å². The van der Waals surface area contributed by atoms with Crippen LogP contribution in [0.5, 0.6) is 5.75 Å². The highest BCUT2D eigenvalue weighted by atomic mass is 16.5. The highest BCUT2D eigenvalue weighted by molar-refractivity contribution is 5.92. The molecule has 0 bridgehead atoms. The van der Waals surface area contributed by atoms with Crippen molar-refractivity contribution >= 4 is 11.9 Å². The van der Waals surface area contributed by atoms with E-state index >= 15 is 0 Å². The van der Waals surface area contributed by atoms with Crippen molar-refractivity contribution in [3.05, 3.63) is 23.5 Å². The summed E-state index contributed by atoms with van der Waals surface area (Å²) in [7, 11) is 3.08. The van der Waals surface area contributed by atoms with Gasteiger partial charge in [0.25, 0.3) is 5.91 Å². The molecule has 0 unspecified atom stereocenters. The first-order valence-electron chi connectivity index (χ1n) is 6.75. The molecular weight excluding hydrogens is 274 g/mol. The van der Waals surface area contributed by atoms with Crippen LogP contribution in [-0.4, -0.2) is 54.1 Å². The van der Waals surface area contributed by atoms with E-state index in [0.717, 1.165) is 12.1 Å². The number of hydrogen-bond donors (Lipinski definition) is 2. The number of carboxylic acid groups (broad SMARTS) is 1. The maximum atomic E-state index is 11.6. The fourth-order valence-corrected chi connectivity index (χ4v) is 2.44. The fraction of sp³-hybridized carbons (Fsp3) is 0.500. The van der Waals surface area contributed by atoms with Crippen molar-refractivity contribution in [3.8, 4) is 5.75 Å². The second-order valence-electron chi connectivity index (χ2n) is 5.02. The topological polar surface area (TPSA) is 91.8 Å². The van der Waals surface area contributed by atoms with E-state index < -0.39 is 5.97 Å². The van der Waals surface area contributed by atoms with Gasteiger partial charge in [0.1, 0.15) is 11.4 Å². The fourth-order valence-electron chi connectivity index (χ4n) is 2.44. The van der Waals surface area contributed by atoms with Crippen LogP contribution in [0.3, 0.4) is 0 Å². The van der Waals surface area contributed by atoms with E-state index in [1.54, 1.807) is 19.3 Å². The number of rotatable bonds is 5. The minimum atomic E-state index is -0.752. The first-order chi connectivity index (χ1) is 10.0. The summed E-state index contributed by atoms with van der Waals surface area (Å²) in [5.41, 5.74) is 1.14. The third-order valence-corrected chi connectivity index (χ3v) is 3.64. The van der Waals surface area contributed by atoms with E-state index in [4.69, 9.17) is 9.84 Å². The van der Waals surface area contributed by atoms with Crippen molar-refractivity contribution in [2.24, 2.45) is 5.92 Å². The molecule has 21 heavy (non-hydrogen) atoms. The number of pyridine rings is 1. The number of amides is 1. The van der Waals surface area contributed by atoms with Gasteiger partial charge in [0.05, 0.1) is 13.0 Å². The van der Waals surface area contributed by atoms with Gasteiger partial charge in [0.2, 0.25) is 0 Å². The molecule has 1 atom stereocenters. The predicted octanol–water partition coefficient (Wildman–Crippen LogP) is 0.356. The summed E-state index contributed by atoms with van der Waals surface area (Å²) in [5, 5.41) is 11.5. The number of nitrogens with one attached hydrogen (secondary N) is 1. The number of carbonyl (C=O) groups is 2. The van der Waals surface area contributed by atoms with E-state index in [0.29, 0.717) is 31.0 Å². The van der Waals surface area contributed by atoms with Crippen molar-refractivity contribution in [3.63, 3.8) is 0 Å². The van der Waals surface area contributed by atoms with Gasteiger partial charge in [-0.15, -0.1) is 0 Å². The summed E-state index contributed by atoms with van der Waals surface area (Å²) in [6.07, 6.45) is 2.26. The minimum Gasteiger partial charge on any atom is -0.496 e. The van der Waals surface area contributed by atoms with E-state index in [1.165, 1.54) is 7.11 Å². The van der Waals surface area contributed by atoms with Gasteiger partial charge in [0.15, 0.2) is 0 Å². The van der Waals surface area contributed by atoms with Gasteiger partial charge in [-0.2, -0.15) is 0 Å². The molecule has 2 N–H and O–H groups in total. The third-order valence-electron chi connectivity index (χ3n) is 3.64. The second-order valence-corrected chi connectivity index (χ2v) is 5.02. The lowest BCUT2D eigenvalue weighted by Gasteiger charge is -2.17. The van der Waals surface area contributed by atoms with Gasteiger partial charge in [-0.25, -0.2) is 0 Å². The first kappa shape index (κ1) is 15.2. The molecule has 0 spiro atoms. The number of aromatic nitrogens is 1. The average Bonchev–Trinajstić information content (AvgIpc) is 2.95. The normalized spacial score (nSPS) is 18.5. The molecule has 114 valence electrons. The van der Waals surface area contributed by atoms with Gasteiger partial charge in [-0.3, -0.25) is 19.5 Å². The number of ether oxygens (including phenoxy) is 1. The monoisotopic (exact) mass is 293 g/mol. The molecule has 2 rings (SSSR count). The maximum Gasteiger partial charge on any atom is 0.307 e. The zero-order valence-corrected chi connectivity index (χ0v) is 12.1. The molecule has 7 heteroatoms. The highest BCUT2D eigenvalue weighted by Crippen LogP contribution is 2.24. The lowest BCUT2D eigenvalue weighted by Crippen LogP contribution is -2.24. The number of methoxy groups -OCH3 is 1. The van der Waals surface area contributed by atoms with Crippen molar-refractivity contribution in [1.29, 1.82) is 0 Å². The van der Waals surface area contributed by atoms with Gasteiger partial charge < -0.3 is 15.2 Å². The van der Waals surface area contributed by atoms with Crippen LogP contribution in [0, 0.1) is 5.92 Å². The zero-order chi connectivity index (χ0) is 15.4. The summed E-state index contributed by atoms with van der Waals surface area (Å²) in [5.74, 6) is -0.749. The third kappa shape index (κ3) is 3.49. The van der Waals surface area contributed by atoms with E-state index in [9.17, 15) is 9.59 Å². The molecule has 0 aliphatic carbocycles. The Bertz CT molecular complexity index is 547. The van der Waals surface area contributed by atoms with Crippen LogP contribution in [-0.2, 0) is 11.3 Å².